The zero-order valence-electron chi connectivity index (χ0n) is 18.2. The normalized spacial score (nSPS) is 33.4. The predicted molar refractivity (Wildman–Crippen MR) is 114 cm³/mol. The van der Waals surface area contributed by atoms with Crippen LogP contribution in [-0.2, 0) is 16.0 Å². The first-order chi connectivity index (χ1) is 13.8. The predicted octanol–water partition coefficient (Wildman–Crippen LogP) is 2.46. The third kappa shape index (κ3) is 3.58. The third-order valence-electron chi connectivity index (χ3n) is 7.02. The first kappa shape index (κ1) is 20.4. The van der Waals surface area contributed by atoms with E-state index in [1.165, 1.54) is 5.56 Å². The van der Waals surface area contributed by atoms with Gasteiger partial charge in [0, 0.05) is 31.6 Å². The Labute approximate surface area is 174 Å². The summed E-state index contributed by atoms with van der Waals surface area (Å²) < 4.78 is 0. The van der Waals surface area contributed by atoms with Crippen LogP contribution in [0, 0.1) is 29.6 Å². The molecule has 1 aromatic carbocycles. The summed E-state index contributed by atoms with van der Waals surface area (Å²) >= 11 is 0. The van der Waals surface area contributed by atoms with Gasteiger partial charge >= 0.3 is 0 Å². The molecular formula is C24H35N3O2. The Morgan fingerprint density at radius 1 is 1.21 bits per heavy atom. The van der Waals surface area contributed by atoms with Gasteiger partial charge in [-0.3, -0.25) is 14.5 Å². The number of nitrogens with one attached hydrogen (secondary N) is 2. The van der Waals surface area contributed by atoms with Gasteiger partial charge in [0.05, 0.1) is 5.92 Å². The van der Waals surface area contributed by atoms with Gasteiger partial charge in [-0.1, -0.05) is 58.0 Å². The number of carbonyl (C=O) groups is 2. The van der Waals surface area contributed by atoms with Crippen LogP contribution in [0.3, 0.4) is 0 Å². The van der Waals surface area contributed by atoms with Crippen LogP contribution in [0.4, 0.5) is 0 Å². The van der Waals surface area contributed by atoms with Crippen LogP contribution in [0.1, 0.15) is 39.7 Å². The lowest BCUT2D eigenvalue weighted by Crippen LogP contribution is -2.76. The van der Waals surface area contributed by atoms with Gasteiger partial charge < -0.3 is 10.6 Å². The van der Waals surface area contributed by atoms with E-state index in [4.69, 9.17) is 0 Å². The number of rotatable bonds is 7. The van der Waals surface area contributed by atoms with Crippen molar-refractivity contribution < 1.29 is 9.59 Å². The van der Waals surface area contributed by atoms with Crippen molar-refractivity contribution in [1.29, 1.82) is 0 Å². The molecule has 0 aromatic heterocycles. The highest BCUT2D eigenvalue weighted by molar-refractivity contribution is 5.96. The van der Waals surface area contributed by atoms with Gasteiger partial charge in [0.1, 0.15) is 5.54 Å². The van der Waals surface area contributed by atoms with Crippen molar-refractivity contribution >= 4 is 11.8 Å². The number of fused-ring (bicyclic) bond motifs is 1. The molecule has 5 nitrogen and oxygen atoms in total. The number of piperidine rings is 2. The van der Waals surface area contributed by atoms with Crippen molar-refractivity contribution in [2.24, 2.45) is 29.6 Å². The number of nitrogens with zero attached hydrogens (tertiary/aromatic N) is 1. The summed E-state index contributed by atoms with van der Waals surface area (Å²) in [6.07, 6.45) is 1.58. The van der Waals surface area contributed by atoms with Gasteiger partial charge in [-0.25, -0.2) is 0 Å². The molecule has 4 bridgehead atoms. The maximum Gasteiger partial charge on any atom is 0.246 e. The standard InChI is InChI=1S/C24H35N3O2/c1-15(2)12-25-23(29)24-11-18-14-27(13-16(3)4)21(20(18)22(28)26-24)19(24)10-17-8-6-5-7-9-17/h5-9,15-16,18-21H,10-14H2,1-4H3,(H,25,29)(H,26,28)/t18-,19-,20-,21?,24+/m1/s1. The lowest BCUT2D eigenvalue weighted by molar-refractivity contribution is -0.154. The molecule has 1 aromatic rings. The molecule has 3 saturated heterocycles. The van der Waals surface area contributed by atoms with Crippen LogP contribution in [0.2, 0.25) is 0 Å². The van der Waals surface area contributed by atoms with Crippen molar-refractivity contribution in [2.45, 2.75) is 52.1 Å². The summed E-state index contributed by atoms with van der Waals surface area (Å²) in [5, 5.41) is 6.38. The van der Waals surface area contributed by atoms with E-state index in [1.54, 1.807) is 0 Å². The lowest BCUT2D eigenvalue weighted by Gasteiger charge is -2.55. The molecular weight excluding hydrogens is 362 g/mol. The Hall–Kier alpha value is -1.88. The number of benzene rings is 1. The molecule has 2 N–H and O–H groups in total. The second-order valence-corrected chi connectivity index (χ2v) is 10.2. The molecule has 1 unspecified atom stereocenters. The molecule has 0 radical (unpaired) electrons. The minimum absolute atomic E-state index is 0.0139. The zero-order chi connectivity index (χ0) is 20.8. The van der Waals surface area contributed by atoms with Crippen molar-refractivity contribution in [2.75, 3.05) is 19.6 Å². The summed E-state index contributed by atoms with van der Waals surface area (Å²) in [4.78, 5) is 29.1. The highest BCUT2D eigenvalue weighted by atomic mass is 16.2. The second kappa shape index (κ2) is 7.75. The fraction of sp³-hybridized carbons (Fsp3) is 0.667. The average Bonchev–Trinajstić information content (AvgIpc) is 2.97. The molecule has 4 fully saturated rings. The summed E-state index contributed by atoms with van der Waals surface area (Å²) in [5.74, 6) is 1.41. The summed E-state index contributed by atoms with van der Waals surface area (Å²) in [5.41, 5.74) is 0.445. The van der Waals surface area contributed by atoms with Gasteiger partial charge in [0.15, 0.2) is 0 Å². The Bertz CT molecular complexity index is 763. The van der Waals surface area contributed by atoms with Crippen LogP contribution in [0.25, 0.3) is 0 Å². The summed E-state index contributed by atoms with van der Waals surface area (Å²) in [6, 6.07) is 10.6. The number of carbonyl (C=O) groups excluding carboxylic acids is 2. The van der Waals surface area contributed by atoms with Crippen LogP contribution in [0.15, 0.2) is 30.3 Å². The minimum Gasteiger partial charge on any atom is -0.354 e. The quantitative estimate of drug-likeness (QED) is 0.743. The highest BCUT2D eigenvalue weighted by Gasteiger charge is 2.67. The van der Waals surface area contributed by atoms with Crippen molar-refractivity contribution in [3.63, 3.8) is 0 Å². The largest absolute Gasteiger partial charge is 0.354 e. The van der Waals surface area contributed by atoms with E-state index in [0.717, 1.165) is 25.9 Å². The Kier molecular flexibility index (Phi) is 5.45. The van der Waals surface area contributed by atoms with Gasteiger partial charge in [-0.15, -0.1) is 0 Å². The topological polar surface area (TPSA) is 61.4 Å². The van der Waals surface area contributed by atoms with Crippen molar-refractivity contribution in [3.05, 3.63) is 35.9 Å². The number of amides is 2. The maximum atomic E-state index is 13.5. The second-order valence-electron chi connectivity index (χ2n) is 10.2. The van der Waals surface area contributed by atoms with E-state index in [2.05, 4.69) is 67.5 Å². The van der Waals surface area contributed by atoms with Gasteiger partial charge in [-0.05, 0) is 36.2 Å². The molecule has 5 atom stereocenters. The van der Waals surface area contributed by atoms with E-state index >= 15 is 0 Å². The monoisotopic (exact) mass is 397 g/mol. The summed E-state index contributed by atoms with van der Waals surface area (Å²) in [7, 11) is 0. The van der Waals surface area contributed by atoms with E-state index in [9.17, 15) is 9.59 Å². The van der Waals surface area contributed by atoms with Gasteiger partial charge in [0.2, 0.25) is 11.8 Å². The Morgan fingerprint density at radius 2 is 1.93 bits per heavy atom. The lowest BCUT2D eigenvalue weighted by atomic mass is 9.57. The van der Waals surface area contributed by atoms with E-state index in [1.807, 2.05) is 6.07 Å². The number of hydrogen-bond donors (Lipinski definition) is 2. The van der Waals surface area contributed by atoms with Gasteiger partial charge in [0.25, 0.3) is 0 Å². The highest BCUT2D eigenvalue weighted by Crippen LogP contribution is 2.53. The van der Waals surface area contributed by atoms with Crippen molar-refractivity contribution in [1.82, 2.24) is 15.5 Å². The summed E-state index contributed by atoms with van der Waals surface area (Å²) in [6.45, 7) is 11.2. The van der Waals surface area contributed by atoms with E-state index in [0.29, 0.717) is 18.4 Å². The number of likely N-dealkylation sites (tertiary alicyclic amines) is 1. The van der Waals surface area contributed by atoms with Crippen LogP contribution < -0.4 is 10.6 Å². The maximum absolute atomic E-state index is 13.5. The molecule has 2 amide bonds. The molecule has 158 valence electrons. The SMILES string of the molecule is CC(C)CNC(=O)[C@]12C[C@@H]3CN(CC(C)C)C([C@H]1Cc1ccccc1)[C@@H]3C(=O)N2. The molecule has 3 aliphatic heterocycles. The molecule has 5 rings (SSSR count). The zero-order valence-corrected chi connectivity index (χ0v) is 18.2. The molecule has 29 heavy (non-hydrogen) atoms. The first-order valence-corrected chi connectivity index (χ1v) is 11.2. The third-order valence-corrected chi connectivity index (χ3v) is 7.02. The smallest absolute Gasteiger partial charge is 0.246 e. The molecule has 4 aliphatic rings. The molecule has 1 aliphatic carbocycles. The number of hydrogen-bond acceptors (Lipinski definition) is 3. The fourth-order valence-corrected chi connectivity index (χ4v) is 6.01. The molecule has 0 spiro atoms. The van der Waals surface area contributed by atoms with Gasteiger partial charge in [-0.2, -0.15) is 0 Å². The van der Waals surface area contributed by atoms with E-state index < -0.39 is 5.54 Å². The molecule has 3 heterocycles. The van der Waals surface area contributed by atoms with Crippen LogP contribution in [0.5, 0.6) is 0 Å². The molecule has 5 heteroatoms. The van der Waals surface area contributed by atoms with Crippen molar-refractivity contribution in [3.8, 4) is 0 Å². The van der Waals surface area contributed by atoms with Crippen LogP contribution >= 0.6 is 0 Å². The molecule has 1 saturated carbocycles. The Morgan fingerprint density at radius 3 is 2.59 bits per heavy atom. The van der Waals surface area contributed by atoms with Crippen LogP contribution in [-0.4, -0.2) is 47.9 Å². The minimum atomic E-state index is -0.794. The average molecular weight is 398 g/mol. The van der Waals surface area contributed by atoms with E-state index in [-0.39, 0.29) is 35.6 Å². The first-order valence-electron chi connectivity index (χ1n) is 11.2. The Balaban J connectivity index is 1.71. The fourth-order valence-electron chi connectivity index (χ4n) is 6.01.